The Morgan fingerprint density at radius 3 is 2.60 bits per heavy atom. The third kappa shape index (κ3) is 4.14. The molecule has 0 aromatic heterocycles. The van der Waals surface area contributed by atoms with Crippen LogP contribution in [0, 0.1) is 0 Å². The Morgan fingerprint density at radius 2 is 2.20 bits per heavy atom. The number of halogens is 1. The minimum atomic E-state index is -0.469. The largest absolute Gasteiger partial charge is 0.272 e. The standard InChI is InChI=1S/C5H8ClN2O2/c1-2-4(9)7-8-5(10)3-6/h2-3H2,1H3,(H,8,10). The molecule has 0 atom stereocenters. The molecule has 0 aliphatic heterocycles. The molecule has 0 saturated carbocycles. The number of alkyl halides is 1. The zero-order chi connectivity index (χ0) is 7.98. The van der Waals surface area contributed by atoms with Crippen molar-refractivity contribution in [1.82, 2.24) is 10.9 Å². The number of hydrogen-bond acceptors (Lipinski definition) is 2. The van der Waals surface area contributed by atoms with Crippen LogP contribution in [0.2, 0.25) is 0 Å². The molecule has 1 radical (unpaired) electrons. The fraction of sp³-hybridized carbons (Fsp3) is 0.600. The van der Waals surface area contributed by atoms with Gasteiger partial charge in [-0.05, 0) is 0 Å². The van der Waals surface area contributed by atoms with Gasteiger partial charge in [-0.1, -0.05) is 6.92 Å². The van der Waals surface area contributed by atoms with Crippen LogP contribution in [-0.4, -0.2) is 17.7 Å². The summed E-state index contributed by atoms with van der Waals surface area (Å²) >= 11 is 5.10. The Bertz CT molecular complexity index is 122. The number of carbonyl (C=O) groups is 2. The molecule has 0 bridgehead atoms. The van der Waals surface area contributed by atoms with Crippen molar-refractivity contribution in [3.05, 3.63) is 0 Å². The number of amides is 2. The van der Waals surface area contributed by atoms with Crippen molar-refractivity contribution < 1.29 is 9.59 Å². The lowest BCUT2D eigenvalue weighted by atomic mass is 10.5. The average molecular weight is 164 g/mol. The molecular weight excluding hydrogens is 156 g/mol. The van der Waals surface area contributed by atoms with Crippen LogP contribution in [0.3, 0.4) is 0 Å². The second kappa shape index (κ2) is 5.05. The SMILES string of the molecule is CCC(=O)[N]NC(=O)CCl. The molecule has 0 aromatic carbocycles. The summed E-state index contributed by atoms with van der Waals surface area (Å²) in [6.45, 7) is 1.65. The van der Waals surface area contributed by atoms with Crippen LogP contribution < -0.4 is 10.9 Å². The van der Waals surface area contributed by atoms with E-state index in [0.717, 1.165) is 0 Å². The lowest BCUT2D eigenvalue weighted by Crippen LogP contribution is -2.35. The highest BCUT2D eigenvalue weighted by Crippen LogP contribution is 1.75. The second-order valence-corrected chi connectivity index (χ2v) is 1.79. The van der Waals surface area contributed by atoms with Crippen LogP contribution in [0.1, 0.15) is 13.3 Å². The average Bonchev–Trinajstić information content (AvgIpc) is 1.99. The van der Waals surface area contributed by atoms with Crippen molar-refractivity contribution in [2.45, 2.75) is 13.3 Å². The van der Waals surface area contributed by atoms with E-state index in [2.05, 4.69) is 5.43 Å². The first-order valence-corrected chi connectivity index (χ1v) is 3.32. The monoisotopic (exact) mass is 163 g/mol. The Hall–Kier alpha value is -0.770. The fourth-order valence-electron chi connectivity index (χ4n) is 0.234. The first kappa shape index (κ1) is 9.23. The Labute approximate surface area is 63.9 Å². The molecule has 0 saturated heterocycles. The molecule has 0 fully saturated rings. The predicted octanol–water partition coefficient (Wildman–Crippen LogP) is -0.203. The summed E-state index contributed by atoms with van der Waals surface area (Å²) in [7, 11) is 0. The first-order chi connectivity index (χ1) is 4.70. The normalized spacial score (nSPS) is 8.60. The van der Waals surface area contributed by atoms with E-state index < -0.39 is 5.91 Å². The molecule has 0 aliphatic carbocycles. The van der Waals surface area contributed by atoms with Crippen LogP contribution in [0.5, 0.6) is 0 Å². The van der Waals surface area contributed by atoms with Gasteiger partial charge in [0, 0.05) is 6.42 Å². The van der Waals surface area contributed by atoms with Crippen molar-refractivity contribution in [2.75, 3.05) is 5.88 Å². The van der Waals surface area contributed by atoms with Crippen LogP contribution in [0.4, 0.5) is 0 Å². The van der Waals surface area contributed by atoms with E-state index in [1.807, 2.05) is 5.43 Å². The highest BCUT2D eigenvalue weighted by atomic mass is 35.5. The summed E-state index contributed by atoms with van der Waals surface area (Å²) in [5, 5.41) is 0. The van der Waals surface area contributed by atoms with Crippen molar-refractivity contribution in [2.24, 2.45) is 0 Å². The van der Waals surface area contributed by atoms with Crippen LogP contribution in [0.25, 0.3) is 0 Å². The minimum absolute atomic E-state index is 0.180. The van der Waals surface area contributed by atoms with E-state index in [4.69, 9.17) is 11.6 Å². The molecular formula is C5H8ClN2O2. The number of rotatable bonds is 2. The molecule has 4 nitrogen and oxygen atoms in total. The third-order valence-corrected chi connectivity index (χ3v) is 0.972. The maximum Gasteiger partial charge on any atom is 0.262 e. The maximum atomic E-state index is 10.4. The topological polar surface area (TPSA) is 60.3 Å². The van der Waals surface area contributed by atoms with E-state index in [9.17, 15) is 9.59 Å². The number of nitrogens with one attached hydrogen (secondary N) is 1. The molecule has 10 heavy (non-hydrogen) atoms. The van der Waals surface area contributed by atoms with E-state index in [1.54, 1.807) is 6.92 Å². The fourth-order valence-corrected chi connectivity index (χ4v) is 0.293. The van der Waals surface area contributed by atoms with Crippen LogP contribution in [-0.2, 0) is 9.59 Å². The minimum Gasteiger partial charge on any atom is -0.272 e. The lowest BCUT2D eigenvalue weighted by molar-refractivity contribution is -0.127. The number of carbonyl (C=O) groups excluding carboxylic acids is 2. The Balaban J connectivity index is 3.35. The van der Waals surface area contributed by atoms with Crippen molar-refractivity contribution >= 4 is 23.4 Å². The van der Waals surface area contributed by atoms with Crippen molar-refractivity contribution in [1.29, 1.82) is 0 Å². The van der Waals surface area contributed by atoms with Gasteiger partial charge in [-0.15, -0.1) is 17.0 Å². The van der Waals surface area contributed by atoms with Gasteiger partial charge in [0.25, 0.3) is 11.8 Å². The summed E-state index contributed by atoms with van der Waals surface area (Å²) in [4.78, 5) is 20.8. The van der Waals surface area contributed by atoms with Gasteiger partial charge < -0.3 is 0 Å². The van der Waals surface area contributed by atoms with Crippen molar-refractivity contribution in [3.8, 4) is 0 Å². The van der Waals surface area contributed by atoms with Gasteiger partial charge in [-0.2, -0.15) is 0 Å². The van der Waals surface area contributed by atoms with Crippen LogP contribution >= 0.6 is 11.6 Å². The van der Waals surface area contributed by atoms with Gasteiger partial charge in [0.05, 0.1) is 0 Å². The molecule has 0 aliphatic rings. The molecule has 0 aromatic rings. The Kier molecular flexibility index (Phi) is 4.66. The summed E-state index contributed by atoms with van der Waals surface area (Å²) in [5.41, 5.74) is 5.18. The van der Waals surface area contributed by atoms with E-state index in [-0.39, 0.29) is 18.2 Å². The zero-order valence-electron chi connectivity index (χ0n) is 5.56. The summed E-state index contributed by atoms with van der Waals surface area (Å²) < 4.78 is 0. The van der Waals surface area contributed by atoms with Gasteiger partial charge in [-0.3, -0.25) is 9.59 Å². The number of hydrogen-bond donors (Lipinski definition) is 1. The lowest BCUT2D eigenvalue weighted by Gasteiger charge is -1.97. The van der Waals surface area contributed by atoms with E-state index >= 15 is 0 Å². The molecule has 0 unspecified atom stereocenters. The Morgan fingerprint density at radius 1 is 1.60 bits per heavy atom. The second-order valence-electron chi connectivity index (χ2n) is 1.53. The number of nitrogens with zero attached hydrogens (tertiary/aromatic N) is 1. The predicted molar refractivity (Wildman–Crippen MR) is 36.3 cm³/mol. The highest BCUT2D eigenvalue weighted by Gasteiger charge is 2.01. The summed E-state index contributed by atoms with van der Waals surface area (Å²) in [6, 6.07) is 0. The van der Waals surface area contributed by atoms with Gasteiger partial charge in [-0.25, -0.2) is 5.43 Å². The third-order valence-electron chi connectivity index (χ3n) is 0.729. The van der Waals surface area contributed by atoms with E-state index in [0.29, 0.717) is 0 Å². The molecule has 0 heterocycles. The molecule has 0 rings (SSSR count). The van der Waals surface area contributed by atoms with Gasteiger partial charge in [0.2, 0.25) is 0 Å². The highest BCUT2D eigenvalue weighted by molar-refractivity contribution is 6.27. The molecule has 5 heteroatoms. The smallest absolute Gasteiger partial charge is 0.262 e. The van der Waals surface area contributed by atoms with Crippen LogP contribution in [0.15, 0.2) is 0 Å². The molecule has 0 spiro atoms. The van der Waals surface area contributed by atoms with Crippen molar-refractivity contribution in [3.63, 3.8) is 0 Å². The quantitative estimate of drug-likeness (QED) is 0.453. The molecule has 2 amide bonds. The summed E-state index contributed by atoms with van der Waals surface area (Å²) in [6.07, 6.45) is 0.280. The zero-order valence-corrected chi connectivity index (χ0v) is 6.31. The summed E-state index contributed by atoms with van der Waals surface area (Å²) in [5.74, 6) is -1.01. The van der Waals surface area contributed by atoms with Gasteiger partial charge in [0.15, 0.2) is 0 Å². The molecule has 1 N–H and O–H groups in total. The van der Waals surface area contributed by atoms with E-state index in [1.165, 1.54) is 0 Å². The first-order valence-electron chi connectivity index (χ1n) is 2.79. The van der Waals surface area contributed by atoms with Gasteiger partial charge in [0.1, 0.15) is 5.88 Å². The van der Waals surface area contributed by atoms with Gasteiger partial charge >= 0.3 is 0 Å². The molecule has 57 valence electrons. The maximum absolute atomic E-state index is 10.4.